The number of hydrogen-bond donors (Lipinski definition) is 1. The van der Waals surface area contributed by atoms with Crippen LogP contribution in [0.3, 0.4) is 0 Å². The SMILES string of the molecule is COc1cccc(NC(=O)[C@H](C)OC(=O)C(C)C)c1. The van der Waals surface area contributed by atoms with Crippen molar-refractivity contribution < 1.29 is 19.1 Å². The molecule has 0 fully saturated rings. The topological polar surface area (TPSA) is 64.6 Å². The van der Waals surface area contributed by atoms with Crippen molar-refractivity contribution in [2.45, 2.75) is 26.9 Å². The molecule has 1 amide bonds. The third-order valence-electron chi connectivity index (χ3n) is 2.47. The summed E-state index contributed by atoms with van der Waals surface area (Å²) in [6.07, 6.45) is -0.832. The molecule has 5 nitrogen and oxygen atoms in total. The van der Waals surface area contributed by atoms with Crippen molar-refractivity contribution in [1.82, 2.24) is 0 Å². The maximum atomic E-state index is 11.8. The molecule has 1 rings (SSSR count). The van der Waals surface area contributed by atoms with E-state index < -0.39 is 12.1 Å². The van der Waals surface area contributed by atoms with Crippen LogP contribution in [-0.2, 0) is 14.3 Å². The molecule has 0 aliphatic carbocycles. The highest BCUT2D eigenvalue weighted by Gasteiger charge is 2.19. The summed E-state index contributed by atoms with van der Waals surface area (Å²) in [5, 5.41) is 2.66. The zero-order valence-corrected chi connectivity index (χ0v) is 11.6. The van der Waals surface area contributed by atoms with E-state index in [0.29, 0.717) is 11.4 Å². The molecule has 19 heavy (non-hydrogen) atoms. The predicted molar refractivity (Wildman–Crippen MR) is 72.0 cm³/mol. The van der Waals surface area contributed by atoms with Gasteiger partial charge in [-0.05, 0) is 19.1 Å². The summed E-state index contributed by atoms with van der Waals surface area (Å²) in [6.45, 7) is 4.97. The molecule has 0 saturated carbocycles. The van der Waals surface area contributed by atoms with E-state index in [0.717, 1.165) is 0 Å². The van der Waals surface area contributed by atoms with Crippen molar-refractivity contribution in [2.24, 2.45) is 5.92 Å². The van der Waals surface area contributed by atoms with Crippen molar-refractivity contribution in [1.29, 1.82) is 0 Å². The van der Waals surface area contributed by atoms with Crippen LogP contribution in [-0.4, -0.2) is 25.1 Å². The van der Waals surface area contributed by atoms with E-state index in [2.05, 4.69) is 5.32 Å². The summed E-state index contributed by atoms with van der Waals surface area (Å²) in [7, 11) is 1.55. The van der Waals surface area contributed by atoms with Gasteiger partial charge in [-0.1, -0.05) is 19.9 Å². The lowest BCUT2D eigenvalue weighted by Gasteiger charge is -2.15. The molecule has 1 aromatic rings. The monoisotopic (exact) mass is 265 g/mol. The van der Waals surface area contributed by atoms with Crippen LogP contribution in [0.1, 0.15) is 20.8 Å². The Balaban J connectivity index is 2.60. The van der Waals surface area contributed by atoms with Gasteiger partial charge in [0.25, 0.3) is 5.91 Å². The minimum atomic E-state index is -0.832. The number of esters is 1. The minimum Gasteiger partial charge on any atom is -0.497 e. The molecule has 0 aliphatic rings. The number of amides is 1. The van der Waals surface area contributed by atoms with Gasteiger partial charge in [-0.2, -0.15) is 0 Å². The number of benzene rings is 1. The zero-order chi connectivity index (χ0) is 14.4. The Kier molecular flexibility index (Phi) is 5.36. The van der Waals surface area contributed by atoms with Gasteiger partial charge in [0.05, 0.1) is 13.0 Å². The summed E-state index contributed by atoms with van der Waals surface area (Å²) >= 11 is 0. The summed E-state index contributed by atoms with van der Waals surface area (Å²) in [4.78, 5) is 23.2. The fourth-order valence-electron chi connectivity index (χ4n) is 1.31. The lowest BCUT2D eigenvalue weighted by atomic mass is 10.2. The minimum absolute atomic E-state index is 0.257. The molecule has 104 valence electrons. The first-order valence-electron chi connectivity index (χ1n) is 6.09. The van der Waals surface area contributed by atoms with Gasteiger partial charge in [0.1, 0.15) is 5.75 Å². The molecule has 0 spiro atoms. The molecule has 5 heteroatoms. The molecule has 0 aromatic heterocycles. The average Bonchev–Trinajstić information content (AvgIpc) is 2.38. The van der Waals surface area contributed by atoms with E-state index in [1.165, 1.54) is 6.92 Å². The van der Waals surface area contributed by atoms with Crippen molar-refractivity contribution in [3.8, 4) is 5.75 Å². The fraction of sp³-hybridized carbons (Fsp3) is 0.429. The summed E-state index contributed by atoms with van der Waals surface area (Å²) < 4.78 is 10.1. The molecule has 1 aromatic carbocycles. The van der Waals surface area contributed by atoms with E-state index in [4.69, 9.17) is 9.47 Å². The lowest BCUT2D eigenvalue weighted by molar-refractivity contribution is -0.156. The van der Waals surface area contributed by atoms with E-state index in [9.17, 15) is 9.59 Å². The Morgan fingerprint density at radius 3 is 2.47 bits per heavy atom. The summed E-state index contributed by atoms with van der Waals surface area (Å²) in [5.74, 6) is -0.382. The second-order valence-electron chi connectivity index (χ2n) is 4.46. The molecule has 0 unspecified atom stereocenters. The molecule has 0 radical (unpaired) electrons. The molecule has 1 atom stereocenters. The van der Waals surface area contributed by atoms with Gasteiger partial charge < -0.3 is 14.8 Å². The van der Waals surface area contributed by atoms with Crippen molar-refractivity contribution >= 4 is 17.6 Å². The Labute approximate surface area is 112 Å². The highest BCUT2D eigenvalue weighted by molar-refractivity contribution is 5.95. The lowest BCUT2D eigenvalue weighted by Crippen LogP contribution is -2.31. The maximum absolute atomic E-state index is 11.8. The van der Waals surface area contributed by atoms with Crippen molar-refractivity contribution in [3.05, 3.63) is 24.3 Å². The van der Waals surface area contributed by atoms with Gasteiger partial charge in [-0.3, -0.25) is 9.59 Å². The van der Waals surface area contributed by atoms with E-state index in [1.54, 1.807) is 45.2 Å². The molecule has 0 aliphatic heterocycles. The molecule has 0 heterocycles. The molecular formula is C14H19NO4. The van der Waals surface area contributed by atoms with Gasteiger partial charge in [-0.15, -0.1) is 0 Å². The fourth-order valence-corrected chi connectivity index (χ4v) is 1.31. The highest BCUT2D eigenvalue weighted by Crippen LogP contribution is 2.17. The first kappa shape index (κ1) is 15.0. The van der Waals surface area contributed by atoms with Crippen LogP contribution in [0.4, 0.5) is 5.69 Å². The summed E-state index contributed by atoms with van der Waals surface area (Å²) in [5.41, 5.74) is 0.594. The number of rotatable bonds is 5. The van der Waals surface area contributed by atoms with Crippen LogP contribution in [0.15, 0.2) is 24.3 Å². The zero-order valence-electron chi connectivity index (χ0n) is 11.6. The van der Waals surface area contributed by atoms with Gasteiger partial charge in [0.15, 0.2) is 6.10 Å². The average molecular weight is 265 g/mol. The molecule has 0 bridgehead atoms. The van der Waals surface area contributed by atoms with Crippen LogP contribution >= 0.6 is 0 Å². The highest BCUT2D eigenvalue weighted by atomic mass is 16.5. The number of anilines is 1. The quantitative estimate of drug-likeness (QED) is 0.829. The second kappa shape index (κ2) is 6.78. The van der Waals surface area contributed by atoms with Crippen LogP contribution in [0.25, 0.3) is 0 Å². The first-order valence-corrected chi connectivity index (χ1v) is 6.09. The van der Waals surface area contributed by atoms with Gasteiger partial charge >= 0.3 is 5.97 Å². The largest absolute Gasteiger partial charge is 0.497 e. The van der Waals surface area contributed by atoms with Gasteiger partial charge in [0, 0.05) is 11.8 Å². The third kappa shape index (κ3) is 4.62. The third-order valence-corrected chi connectivity index (χ3v) is 2.47. The molecular weight excluding hydrogens is 246 g/mol. The van der Waals surface area contributed by atoms with Crippen molar-refractivity contribution in [2.75, 3.05) is 12.4 Å². The normalized spacial score (nSPS) is 11.8. The van der Waals surface area contributed by atoms with Crippen molar-refractivity contribution in [3.63, 3.8) is 0 Å². The number of methoxy groups -OCH3 is 1. The number of hydrogen-bond acceptors (Lipinski definition) is 4. The first-order chi connectivity index (χ1) is 8.93. The Morgan fingerprint density at radius 1 is 1.21 bits per heavy atom. The Bertz CT molecular complexity index is 457. The molecule has 1 N–H and O–H groups in total. The number of ether oxygens (including phenoxy) is 2. The predicted octanol–water partition coefficient (Wildman–Crippen LogP) is 2.22. The number of carbonyl (C=O) groups is 2. The summed E-state index contributed by atoms with van der Waals surface area (Å²) in [6, 6.07) is 6.96. The Hall–Kier alpha value is -2.04. The van der Waals surface area contributed by atoms with Crippen LogP contribution in [0.2, 0.25) is 0 Å². The van der Waals surface area contributed by atoms with Gasteiger partial charge in [-0.25, -0.2) is 0 Å². The maximum Gasteiger partial charge on any atom is 0.309 e. The number of carbonyl (C=O) groups excluding carboxylic acids is 2. The van der Waals surface area contributed by atoms with Crippen LogP contribution in [0, 0.1) is 5.92 Å². The van der Waals surface area contributed by atoms with E-state index in [1.807, 2.05) is 0 Å². The van der Waals surface area contributed by atoms with E-state index >= 15 is 0 Å². The van der Waals surface area contributed by atoms with Crippen LogP contribution in [0.5, 0.6) is 5.75 Å². The van der Waals surface area contributed by atoms with E-state index in [-0.39, 0.29) is 11.8 Å². The standard InChI is InChI=1S/C14H19NO4/c1-9(2)14(17)19-10(3)13(16)15-11-6-5-7-12(8-11)18-4/h5-10H,1-4H3,(H,15,16)/t10-/m0/s1. The molecule has 0 saturated heterocycles. The van der Waals surface area contributed by atoms with Gasteiger partial charge in [0.2, 0.25) is 0 Å². The second-order valence-corrected chi connectivity index (χ2v) is 4.46. The smallest absolute Gasteiger partial charge is 0.309 e. The number of nitrogens with one attached hydrogen (secondary N) is 1. The van der Waals surface area contributed by atoms with Crippen LogP contribution < -0.4 is 10.1 Å². The Morgan fingerprint density at radius 2 is 1.89 bits per heavy atom.